The molecule has 146 valence electrons. The molecular weight excluding hydrogens is 387 g/mol. The van der Waals surface area contributed by atoms with Crippen LogP contribution in [0.15, 0.2) is 64.7 Å². The van der Waals surface area contributed by atoms with Gasteiger partial charge in [0.05, 0.1) is 11.9 Å². The summed E-state index contributed by atoms with van der Waals surface area (Å²) in [5, 5.41) is 0. The third-order valence-corrected chi connectivity index (χ3v) is 6.05. The molecular formula is C22H19FN4OS. The number of carbonyl (C=O) groups is 1. The highest BCUT2D eigenvalue weighted by molar-refractivity contribution is 8.00. The van der Waals surface area contributed by atoms with Crippen LogP contribution >= 0.6 is 11.8 Å². The van der Waals surface area contributed by atoms with Crippen LogP contribution in [0.2, 0.25) is 0 Å². The second-order valence-electron chi connectivity index (χ2n) is 7.04. The number of ketones is 1. The van der Waals surface area contributed by atoms with Crippen molar-refractivity contribution in [1.82, 2.24) is 9.97 Å². The average Bonchev–Trinajstić information content (AvgIpc) is 2.69. The number of nitrogens with two attached hydrogens (primary N) is 1. The molecule has 1 unspecified atom stereocenters. The fraction of sp³-hybridized carbons (Fsp3) is 0.182. The number of thioether (sulfide) groups is 1. The third-order valence-electron chi connectivity index (χ3n) is 4.77. The molecule has 0 bridgehead atoms. The maximum atomic E-state index is 14.8. The van der Waals surface area contributed by atoms with Crippen molar-refractivity contribution in [3.63, 3.8) is 0 Å². The molecule has 0 fully saturated rings. The largest absolute Gasteiger partial charge is 0.383 e. The molecule has 0 aliphatic carbocycles. The number of benzene rings is 2. The van der Waals surface area contributed by atoms with Gasteiger partial charge in [0.1, 0.15) is 22.2 Å². The molecule has 0 spiro atoms. The second kappa shape index (κ2) is 7.40. The first-order chi connectivity index (χ1) is 13.9. The smallest absolute Gasteiger partial charge is 0.187 e. The van der Waals surface area contributed by atoms with Crippen LogP contribution in [0, 0.1) is 12.7 Å². The topological polar surface area (TPSA) is 81.2 Å². The number of carbonyl (C=O) groups excluding carboxylic acids is 1. The van der Waals surface area contributed by atoms with Gasteiger partial charge in [0.2, 0.25) is 0 Å². The minimum Gasteiger partial charge on any atom is -0.383 e. The number of aromatic nitrogens is 2. The fourth-order valence-electron chi connectivity index (χ4n) is 3.26. The summed E-state index contributed by atoms with van der Waals surface area (Å²) in [5.41, 5.74) is 9.11. The van der Waals surface area contributed by atoms with Crippen LogP contribution in [0.1, 0.15) is 39.8 Å². The van der Waals surface area contributed by atoms with Crippen LogP contribution in [0.4, 0.5) is 4.39 Å². The van der Waals surface area contributed by atoms with Gasteiger partial charge >= 0.3 is 0 Å². The number of halogens is 1. The molecule has 7 heteroatoms. The SMILES string of the molecule is Cc1cnc(C(=O)Cc2ccc(F)c(C3(C)N=C(N)c4ccccc4S3)c2)cn1. The Balaban J connectivity index is 1.66. The minimum atomic E-state index is -0.925. The summed E-state index contributed by atoms with van der Waals surface area (Å²) in [5.74, 6) is -0.190. The maximum Gasteiger partial charge on any atom is 0.187 e. The van der Waals surface area contributed by atoms with E-state index >= 15 is 0 Å². The Morgan fingerprint density at radius 2 is 1.97 bits per heavy atom. The summed E-state index contributed by atoms with van der Waals surface area (Å²) in [7, 11) is 0. The molecule has 29 heavy (non-hydrogen) atoms. The van der Waals surface area contributed by atoms with Crippen LogP contribution in [-0.2, 0) is 11.3 Å². The molecule has 2 N–H and O–H groups in total. The van der Waals surface area contributed by atoms with E-state index in [0.29, 0.717) is 17.0 Å². The van der Waals surface area contributed by atoms with Gasteiger partial charge < -0.3 is 5.73 Å². The van der Waals surface area contributed by atoms with Crippen molar-refractivity contribution in [3.05, 3.63) is 88.8 Å². The Labute approximate surface area is 172 Å². The monoisotopic (exact) mass is 406 g/mol. The first-order valence-electron chi connectivity index (χ1n) is 9.10. The minimum absolute atomic E-state index is 0.0988. The quantitative estimate of drug-likeness (QED) is 0.662. The first kappa shape index (κ1) is 19.3. The zero-order valence-corrected chi connectivity index (χ0v) is 16.8. The Morgan fingerprint density at radius 1 is 1.17 bits per heavy atom. The zero-order valence-electron chi connectivity index (χ0n) is 16.0. The van der Waals surface area contributed by atoms with Crippen molar-refractivity contribution in [2.75, 3.05) is 0 Å². The Kier molecular flexibility index (Phi) is 4.92. The van der Waals surface area contributed by atoms with Crippen molar-refractivity contribution >= 4 is 23.4 Å². The van der Waals surface area contributed by atoms with Crippen LogP contribution in [0.25, 0.3) is 0 Å². The summed E-state index contributed by atoms with van der Waals surface area (Å²) >= 11 is 1.44. The molecule has 4 rings (SSSR count). The molecule has 0 radical (unpaired) electrons. The number of hydrogen-bond donors (Lipinski definition) is 1. The van der Waals surface area contributed by atoms with Gasteiger partial charge in [-0.05, 0) is 37.6 Å². The summed E-state index contributed by atoms with van der Waals surface area (Å²) in [4.78, 5) is 25.4. The lowest BCUT2D eigenvalue weighted by Gasteiger charge is -2.31. The van der Waals surface area contributed by atoms with Crippen LogP contribution in [0.3, 0.4) is 0 Å². The summed E-state index contributed by atoms with van der Waals surface area (Å²) in [6, 6.07) is 12.3. The van der Waals surface area contributed by atoms with Gasteiger partial charge in [0.25, 0.3) is 0 Å². The van der Waals surface area contributed by atoms with Crippen molar-refractivity contribution in [2.45, 2.75) is 30.0 Å². The molecule has 0 saturated heterocycles. The number of hydrogen-bond acceptors (Lipinski definition) is 6. The van der Waals surface area contributed by atoms with E-state index in [-0.39, 0.29) is 23.7 Å². The van der Waals surface area contributed by atoms with Gasteiger partial charge in [-0.2, -0.15) is 0 Å². The average molecular weight is 406 g/mol. The van der Waals surface area contributed by atoms with Crippen LogP contribution in [0.5, 0.6) is 0 Å². The van der Waals surface area contributed by atoms with E-state index in [2.05, 4.69) is 15.0 Å². The highest BCUT2D eigenvalue weighted by Gasteiger charge is 2.35. The molecule has 2 heterocycles. The molecule has 0 saturated carbocycles. The summed E-state index contributed by atoms with van der Waals surface area (Å²) < 4.78 is 14.8. The lowest BCUT2D eigenvalue weighted by molar-refractivity contribution is 0.0987. The van der Waals surface area contributed by atoms with E-state index in [1.165, 1.54) is 24.0 Å². The number of rotatable bonds is 4. The number of aryl methyl sites for hydroxylation is 1. The molecule has 1 aliphatic rings. The van der Waals surface area contributed by atoms with E-state index in [0.717, 1.165) is 16.2 Å². The van der Waals surface area contributed by atoms with Gasteiger partial charge in [-0.3, -0.25) is 9.78 Å². The first-order valence-corrected chi connectivity index (χ1v) is 9.92. The van der Waals surface area contributed by atoms with E-state index in [9.17, 15) is 9.18 Å². The van der Waals surface area contributed by atoms with Crippen LogP contribution < -0.4 is 5.73 Å². The highest BCUT2D eigenvalue weighted by Crippen LogP contribution is 2.47. The molecule has 1 aromatic heterocycles. The molecule has 2 aromatic carbocycles. The van der Waals surface area contributed by atoms with E-state index in [4.69, 9.17) is 5.73 Å². The number of fused-ring (bicyclic) bond motifs is 1. The van der Waals surface area contributed by atoms with Gasteiger partial charge in [-0.15, -0.1) is 0 Å². The zero-order chi connectivity index (χ0) is 20.6. The predicted octanol–water partition coefficient (Wildman–Crippen LogP) is 4.03. The molecule has 1 aliphatic heterocycles. The van der Waals surface area contributed by atoms with Gasteiger partial charge in [0.15, 0.2) is 5.78 Å². The normalized spacial score (nSPS) is 18.1. The lowest BCUT2D eigenvalue weighted by atomic mass is 10.00. The van der Waals surface area contributed by atoms with Crippen molar-refractivity contribution < 1.29 is 9.18 Å². The van der Waals surface area contributed by atoms with E-state index in [1.54, 1.807) is 25.3 Å². The van der Waals surface area contributed by atoms with Gasteiger partial charge in [-0.1, -0.05) is 36.0 Å². The van der Waals surface area contributed by atoms with E-state index < -0.39 is 4.87 Å². The van der Waals surface area contributed by atoms with Crippen molar-refractivity contribution in [3.8, 4) is 0 Å². The second-order valence-corrected chi connectivity index (χ2v) is 8.47. The standard InChI is InChI=1S/C22H19FN4OS/c1-13-11-26-18(12-25-13)19(28)10-14-7-8-17(23)16(9-14)22(2)27-21(24)15-5-3-4-6-20(15)29-22/h3-9,11-12H,10H2,1-2H3,(H2,24,27). The highest BCUT2D eigenvalue weighted by atomic mass is 32.2. The molecule has 3 aromatic rings. The Hall–Kier alpha value is -3.06. The summed E-state index contributed by atoms with van der Waals surface area (Å²) in [6.07, 6.45) is 3.11. The predicted molar refractivity (Wildman–Crippen MR) is 112 cm³/mol. The lowest BCUT2D eigenvalue weighted by Crippen LogP contribution is -2.28. The third kappa shape index (κ3) is 3.78. The van der Waals surface area contributed by atoms with Gasteiger partial charge in [-0.25, -0.2) is 14.4 Å². The van der Waals surface area contributed by atoms with Crippen LogP contribution in [-0.4, -0.2) is 21.6 Å². The molecule has 1 atom stereocenters. The Bertz CT molecular complexity index is 1130. The van der Waals surface area contributed by atoms with Crippen molar-refractivity contribution in [1.29, 1.82) is 0 Å². The van der Waals surface area contributed by atoms with E-state index in [1.807, 2.05) is 31.2 Å². The number of nitrogens with zero attached hydrogens (tertiary/aromatic N) is 3. The van der Waals surface area contributed by atoms with Crippen molar-refractivity contribution in [2.24, 2.45) is 10.7 Å². The molecule has 5 nitrogen and oxygen atoms in total. The number of amidine groups is 1. The molecule has 0 amide bonds. The fourth-order valence-corrected chi connectivity index (χ4v) is 4.53. The maximum absolute atomic E-state index is 14.8. The summed E-state index contributed by atoms with van der Waals surface area (Å²) in [6.45, 7) is 3.64. The number of aliphatic imine (C=N–C) groups is 1. The number of Topliss-reactive ketones (excluding diaryl/α,β-unsaturated/α-hetero) is 1. The van der Waals surface area contributed by atoms with Gasteiger partial charge in [0, 0.05) is 28.6 Å². The Morgan fingerprint density at radius 3 is 2.72 bits per heavy atom.